The van der Waals surface area contributed by atoms with Crippen LogP contribution in [0.3, 0.4) is 0 Å². The molecule has 1 aromatic heterocycles. The van der Waals surface area contributed by atoms with E-state index in [0.717, 1.165) is 48.2 Å². The van der Waals surface area contributed by atoms with Crippen LogP contribution in [0.2, 0.25) is 0 Å². The summed E-state index contributed by atoms with van der Waals surface area (Å²) in [6.45, 7) is 0. The molecule has 1 aliphatic rings. The third-order valence-corrected chi connectivity index (χ3v) is 4.40. The number of rotatable bonds is 4. The molecule has 0 spiro atoms. The van der Waals surface area contributed by atoms with Crippen LogP contribution in [-0.2, 0) is 0 Å². The Labute approximate surface area is 157 Å². The topological polar surface area (TPSA) is 89.6 Å². The maximum Gasteiger partial charge on any atom is 0.270 e. The average Bonchev–Trinajstić information content (AvgIpc) is 2.69. The van der Waals surface area contributed by atoms with Gasteiger partial charge in [-0.15, -0.1) is 0 Å². The van der Waals surface area contributed by atoms with E-state index >= 15 is 0 Å². The van der Waals surface area contributed by atoms with Gasteiger partial charge in [-0.3, -0.25) is 9.79 Å². The first-order valence-corrected chi connectivity index (χ1v) is 8.67. The predicted octanol–water partition coefficient (Wildman–Crippen LogP) is 3.13. The number of methoxy groups -OCH3 is 1. The van der Waals surface area contributed by atoms with Gasteiger partial charge in [-0.25, -0.2) is 9.37 Å². The van der Waals surface area contributed by atoms with E-state index in [4.69, 9.17) is 10.5 Å². The van der Waals surface area contributed by atoms with E-state index in [1.54, 1.807) is 7.11 Å². The van der Waals surface area contributed by atoms with Gasteiger partial charge in [-0.1, -0.05) is 0 Å². The SMILES string of the molecule is COc1ccc(N=C2CCCC(NC(=O)c3ccc(F)cn3)/C2=C/N)cc1. The smallest absolute Gasteiger partial charge is 0.270 e. The third-order valence-electron chi connectivity index (χ3n) is 4.40. The Hall–Kier alpha value is -3.22. The van der Waals surface area contributed by atoms with Gasteiger partial charge in [0.25, 0.3) is 5.91 Å². The van der Waals surface area contributed by atoms with E-state index in [2.05, 4.69) is 15.3 Å². The van der Waals surface area contributed by atoms with Crippen molar-refractivity contribution >= 4 is 17.3 Å². The van der Waals surface area contributed by atoms with Crippen LogP contribution in [0.4, 0.5) is 10.1 Å². The maximum absolute atomic E-state index is 13.0. The fourth-order valence-corrected chi connectivity index (χ4v) is 3.01. The lowest BCUT2D eigenvalue weighted by Gasteiger charge is -2.27. The molecule has 1 saturated carbocycles. The molecule has 1 aromatic carbocycles. The molecule has 27 heavy (non-hydrogen) atoms. The molecule has 1 atom stereocenters. The number of hydrogen-bond donors (Lipinski definition) is 2. The quantitative estimate of drug-likeness (QED) is 0.868. The van der Waals surface area contributed by atoms with Crippen molar-refractivity contribution in [3.63, 3.8) is 0 Å². The molecule has 7 heteroatoms. The minimum atomic E-state index is -0.485. The monoisotopic (exact) mass is 368 g/mol. The van der Waals surface area contributed by atoms with Gasteiger partial charge in [-0.05, 0) is 55.7 Å². The lowest BCUT2D eigenvalue weighted by atomic mass is 9.88. The molecule has 1 fully saturated rings. The number of pyridine rings is 1. The van der Waals surface area contributed by atoms with E-state index in [1.807, 2.05) is 24.3 Å². The normalized spacial score (nSPS) is 19.9. The van der Waals surface area contributed by atoms with Gasteiger partial charge in [0.05, 0.1) is 25.0 Å². The van der Waals surface area contributed by atoms with Crippen LogP contribution >= 0.6 is 0 Å². The molecule has 3 rings (SSSR count). The molecule has 1 unspecified atom stereocenters. The number of nitrogens with zero attached hydrogens (tertiary/aromatic N) is 2. The van der Waals surface area contributed by atoms with Crippen LogP contribution in [0.5, 0.6) is 5.75 Å². The molecule has 0 bridgehead atoms. The second-order valence-corrected chi connectivity index (χ2v) is 6.16. The molecule has 140 valence electrons. The number of carbonyl (C=O) groups excluding carboxylic acids is 1. The summed E-state index contributed by atoms with van der Waals surface area (Å²) < 4.78 is 18.1. The number of hydrogen-bond acceptors (Lipinski definition) is 5. The van der Waals surface area contributed by atoms with Gasteiger partial charge >= 0.3 is 0 Å². The Morgan fingerprint density at radius 2 is 2.11 bits per heavy atom. The highest BCUT2D eigenvalue weighted by molar-refractivity contribution is 6.04. The summed E-state index contributed by atoms with van der Waals surface area (Å²) in [6, 6.07) is 9.71. The van der Waals surface area contributed by atoms with Crippen molar-refractivity contribution in [2.24, 2.45) is 10.7 Å². The standard InChI is InChI=1S/C20H21FN4O2/c1-27-15-8-6-14(7-9-15)24-17-3-2-4-18(16(17)11-22)25-20(26)19-10-5-13(21)12-23-19/h5-12,18H,2-4,22H2,1H3,(H,25,26)/b16-11+,24-17?. The summed E-state index contributed by atoms with van der Waals surface area (Å²) in [7, 11) is 1.61. The van der Waals surface area contributed by atoms with Gasteiger partial charge in [0.2, 0.25) is 0 Å². The van der Waals surface area contributed by atoms with Crippen molar-refractivity contribution in [3.05, 3.63) is 65.9 Å². The number of ether oxygens (including phenoxy) is 1. The van der Waals surface area contributed by atoms with E-state index in [-0.39, 0.29) is 17.6 Å². The van der Waals surface area contributed by atoms with E-state index in [9.17, 15) is 9.18 Å². The summed E-state index contributed by atoms with van der Waals surface area (Å²) in [5.41, 5.74) is 8.41. The van der Waals surface area contributed by atoms with E-state index in [1.165, 1.54) is 18.3 Å². The number of aliphatic imine (C=N–C) groups is 1. The molecule has 1 aliphatic carbocycles. The molecule has 2 aromatic rings. The van der Waals surface area contributed by atoms with Crippen molar-refractivity contribution < 1.29 is 13.9 Å². The van der Waals surface area contributed by atoms with Gasteiger partial charge in [0, 0.05) is 17.5 Å². The first-order valence-electron chi connectivity index (χ1n) is 8.67. The number of benzene rings is 1. The summed E-state index contributed by atoms with van der Waals surface area (Å²) in [5, 5.41) is 2.92. The van der Waals surface area contributed by atoms with Crippen molar-refractivity contribution in [1.82, 2.24) is 10.3 Å². The highest BCUT2D eigenvalue weighted by atomic mass is 19.1. The highest BCUT2D eigenvalue weighted by Gasteiger charge is 2.26. The van der Waals surface area contributed by atoms with Crippen molar-refractivity contribution in [2.75, 3.05) is 7.11 Å². The average molecular weight is 368 g/mol. The zero-order valence-electron chi connectivity index (χ0n) is 15.0. The van der Waals surface area contributed by atoms with Crippen LogP contribution in [0.25, 0.3) is 0 Å². The number of carbonyl (C=O) groups is 1. The number of halogens is 1. The van der Waals surface area contributed by atoms with Crippen molar-refractivity contribution in [2.45, 2.75) is 25.3 Å². The fraction of sp³-hybridized carbons (Fsp3) is 0.250. The lowest BCUT2D eigenvalue weighted by molar-refractivity contribution is 0.0936. The van der Waals surface area contributed by atoms with Crippen LogP contribution in [-0.4, -0.2) is 29.8 Å². The molecule has 6 nitrogen and oxygen atoms in total. The lowest BCUT2D eigenvalue weighted by Crippen LogP contribution is -2.41. The van der Waals surface area contributed by atoms with Crippen molar-refractivity contribution in [3.8, 4) is 5.75 Å². The Bertz CT molecular complexity index is 861. The first kappa shape index (κ1) is 18.6. The molecule has 0 saturated heterocycles. The second kappa shape index (κ2) is 8.44. The summed E-state index contributed by atoms with van der Waals surface area (Å²) in [6.07, 6.45) is 4.90. The van der Waals surface area contributed by atoms with Crippen molar-refractivity contribution in [1.29, 1.82) is 0 Å². The molecule has 1 amide bonds. The summed E-state index contributed by atoms with van der Waals surface area (Å²) in [4.78, 5) is 20.9. The van der Waals surface area contributed by atoms with Gasteiger partial charge in [0.1, 0.15) is 17.3 Å². The largest absolute Gasteiger partial charge is 0.497 e. The minimum Gasteiger partial charge on any atom is -0.497 e. The van der Waals surface area contributed by atoms with E-state index < -0.39 is 5.82 Å². The van der Waals surface area contributed by atoms with Gasteiger partial charge in [0.15, 0.2) is 0 Å². The summed E-state index contributed by atoms with van der Waals surface area (Å²) in [5.74, 6) is -0.0974. The Morgan fingerprint density at radius 3 is 2.74 bits per heavy atom. The number of aromatic nitrogens is 1. The maximum atomic E-state index is 13.0. The Morgan fingerprint density at radius 1 is 1.33 bits per heavy atom. The van der Waals surface area contributed by atoms with Crippen LogP contribution in [0, 0.1) is 5.82 Å². The molecule has 1 heterocycles. The van der Waals surface area contributed by atoms with Crippen LogP contribution in [0.1, 0.15) is 29.8 Å². The number of nitrogens with one attached hydrogen (secondary N) is 1. The summed E-state index contributed by atoms with van der Waals surface area (Å²) >= 11 is 0. The minimum absolute atomic E-state index is 0.159. The first-order chi connectivity index (χ1) is 13.1. The zero-order chi connectivity index (χ0) is 19.2. The highest BCUT2D eigenvalue weighted by Crippen LogP contribution is 2.26. The second-order valence-electron chi connectivity index (χ2n) is 6.16. The predicted molar refractivity (Wildman–Crippen MR) is 102 cm³/mol. The molecular weight excluding hydrogens is 347 g/mol. The van der Waals surface area contributed by atoms with E-state index in [0.29, 0.717) is 0 Å². The Kier molecular flexibility index (Phi) is 5.80. The van der Waals surface area contributed by atoms with Crippen LogP contribution < -0.4 is 15.8 Å². The number of nitrogens with two attached hydrogens (primary N) is 1. The fourth-order valence-electron chi connectivity index (χ4n) is 3.01. The van der Waals surface area contributed by atoms with Crippen LogP contribution in [0.15, 0.2) is 59.4 Å². The molecule has 3 N–H and O–H groups in total. The van der Waals surface area contributed by atoms with Gasteiger partial charge < -0.3 is 15.8 Å². The molecule has 0 aliphatic heterocycles. The third kappa shape index (κ3) is 4.49. The molecular formula is C20H21FN4O2. The Balaban J connectivity index is 1.77. The van der Waals surface area contributed by atoms with Gasteiger partial charge in [-0.2, -0.15) is 0 Å². The zero-order valence-corrected chi connectivity index (χ0v) is 15.0. The number of amides is 1. The molecule has 0 radical (unpaired) electrons.